The second kappa shape index (κ2) is 4.65. The van der Waals surface area contributed by atoms with Crippen molar-refractivity contribution in [2.75, 3.05) is 23.3 Å². The first kappa shape index (κ1) is 11.6. The summed E-state index contributed by atoms with van der Waals surface area (Å²) >= 11 is 3.55. The van der Waals surface area contributed by atoms with Crippen LogP contribution in [0.15, 0.2) is 46.9 Å². The molecule has 0 spiro atoms. The molecule has 1 heterocycles. The number of hydrogen-bond donors (Lipinski definition) is 1. The number of halogens is 1. The number of nitrogens with zero attached hydrogens (tertiary/aromatic N) is 1. The summed E-state index contributed by atoms with van der Waals surface area (Å²) in [6, 6.07) is 15.0. The first-order chi connectivity index (χ1) is 8.75. The number of para-hydroxylation sites is 2. The molecule has 0 fully saturated rings. The molecule has 0 saturated carbocycles. The molecule has 1 aliphatic heterocycles. The van der Waals surface area contributed by atoms with Crippen molar-refractivity contribution < 1.29 is 0 Å². The molecule has 2 aromatic rings. The molecule has 0 atom stereocenters. The predicted molar refractivity (Wildman–Crippen MR) is 80.8 cm³/mol. The Morgan fingerprint density at radius 3 is 2.83 bits per heavy atom. The zero-order valence-electron chi connectivity index (χ0n) is 10.3. The Balaban J connectivity index is 2.05. The van der Waals surface area contributed by atoms with Gasteiger partial charge >= 0.3 is 0 Å². The van der Waals surface area contributed by atoms with Crippen LogP contribution < -0.4 is 10.2 Å². The summed E-state index contributed by atoms with van der Waals surface area (Å²) in [5, 5.41) is 3.44. The lowest BCUT2D eigenvalue weighted by Gasteiger charge is -2.32. The van der Waals surface area contributed by atoms with Gasteiger partial charge in [0.2, 0.25) is 0 Å². The van der Waals surface area contributed by atoms with Crippen LogP contribution in [-0.2, 0) is 0 Å². The number of rotatable bonds is 1. The van der Waals surface area contributed by atoms with Gasteiger partial charge in [-0.15, -0.1) is 0 Å². The van der Waals surface area contributed by atoms with E-state index in [2.05, 4.69) is 75.5 Å². The van der Waals surface area contributed by atoms with Gasteiger partial charge in [0.25, 0.3) is 0 Å². The SMILES string of the molecule is Cc1cc(N2CCNc3ccccc32)ccc1Br. The van der Waals surface area contributed by atoms with Crippen molar-refractivity contribution in [1.82, 2.24) is 0 Å². The molecule has 2 nitrogen and oxygen atoms in total. The molecule has 2 aromatic carbocycles. The number of benzene rings is 2. The summed E-state index contributed by atoms with van der Waals surface area (Å²) in [4.78, 5) is 2.37. The maximum Gasteiger partial charge on any atom is 0.0647 e. The molecule has 1 N–H and O–H groups in total. The molecule has 1 aliphatic rings. The molecule has 3 heteroatoms. The molecule has 0 saturated heterocycles. The second-order valence-electron chi connectivity index (χ2n) is 4.53. The summed E-state index contributed by atoms with van der Waals surface area (Å²) < 4.78 is 1.16. The van der Waals surface area contributed by atoms with E-state index in [-0.39, 0.29) is 0 Å². The van der Waals surface area contributed by atoms with E-state index in [0.717, 1.165) is 17.6 Å². The van der Waals surface area contributed by atoms with Crippen LogP contribution in [0.5, 0.6) is 0 Å². The largest absolute Gasteiger partial charge is 0.382 e. The Morgan fingerprint density at radius 2 is 2.00 bits per heavy atom. The number of nitrogens with one attached hydrogen (secondary N) is 1. The van der Waals surface area contributed by atoms with Crippen LogP contribution in [0, 0.1) is 6.92 Å². The fraction of sp³-hybridized carbons (Fsp3) is 0.200. The van der Waals surface area contributed by atoms with Crippen LogP contribution in [0.2, 0.25) is 0 Å². The number of anilines is 3. The van der Waals surface area contributed by atoms with Gasteiger partial charge in [0.15, 0.2) is 0 Å². The summed E-state index contributed by atoms with van der Waals surface area (Å²) in [6.07, 6.45) is 0. The lowest BCUT2D eigenvalue weighted by atomic mass is 10.1. The minimum atomic E-state index is 0.978. The summed E-state index contributed by atoms with van der Waals surface area (Å²) in [6.45, 7) is 4.10. The minimum Gasteiger partial charge on any atom is -0.382 e. The topological polar surface area (TPSA) is 15.3 Å². The average Bonchev–Trinajstić information content (AvgIpc) is 2.41. The molecule has 3 rings (SSSR count). The van der Waals surface area contributed by atoms with Crippen LogP contribution >= 0.6 is 15.9 Å². The summed E-state index contributed by atoms with van der Waals surface area (Å²) in [5.74, 6) is 0. The van der Waals surface area contributed by atoms with Gasteiger partial charge in [-0.2, -0.15) is 0 Å². The van der Waals surface area contributed by atoms with Gasteiger partial charge in [0.1, 0.15) is 0 Å². The van der Waals surface area contributed by atoms with Crippen molar-refractivity contribution in [2.45, 2.75) is 6.92 Å². The van der Waals surface area contributed by atoms with E-state index in [4.69, 9.17) is 0 Å². The molecule has 18 heavy (non-hydrogen) atoms. The van der Waals surface area contributed by atoms with Crippen LogP contribution in [0.1, 0.15) is 5.56 Å². The Hall–Kier alpha value is -1.48. The zero-order valence-corrected chi connectivity index (χ0v) is 11.9. The smallest absolute Gasteiger partial charge is 0.0647 e. The highest BCUT2D eigenvalue weighted by Gasteiger charge is 2.17. The van der Waals surface area contributed by atoms with E-state index in [1.165, 1.54) is 22.6 Å². The van der Waals surface area contributed by atoms with Gasteiger partial charge in [0, 0.05) is 23.2 Å². The summed E-state index contributed by atoms with van der Waals surface area (Å²) in [5.41, 5.74) is 4.99. The summed E-state index contributed by atoms with van der Waals surface area (Å²) in [7, 11) is 0. The van der Waals surface area contributed by atoms with Crippen LogP contribution in [0.25, 0.3) is 0 Å². The van der Waals surface area contributed by atoms with Crippen molar-refractivity contribution in [1.29, 1.82) is 0 Å². The molecule has 0 bridgehead atoms. The maximum atomic E-state index is 3.55. The van der Waals surface area contributed by atoms with Crippen molar-refractivity contribution >= 4 is 33.0 Å². The zero-order chi connectivity index (χ0) is 12.5. The fourth-order valence-electron chi connectivity index (χ4n) is 2.35. The lowest BCUT2D eigenvalue weighted by molar-refractivity contribution is 0.926. The fourth-order valence-corrected chi connectivity index (χ4v) is 2.59. The van der Waals surface area contributed by atoms with Gasteiger partial charge in [-0.3, -0.25) is 0 Å². The maximum absolute atomic E-state index is 3.55. The Labute approximate surface area is 116 Å². The van der Waals surface area contributed by atoms with E-state index in [1.54, 1.807) is 0 Å². The first-order valence-electron chi connectivity index (χ1n) is 6.12. The quantitative estimate of drug-likeness (QED) is 0.844. The molecule has 0 aliphatic carbocycles. The van der Waals surface area contributed by atoms with E-state index in [1.807, 2.05) is 0 Å². The molecule has 0 unspecified atom stereocenters. The normalized spacial score (nSPS) is 14.0. The number of fused-ring (bicyclic) bond motifs is 1. The Morgan fingerprint density at radius 1 is 1.17 bits per heavy atom. The first-order valence-corrected chi connectivity index (χ1v) is 6.91. The highest BCUT2D eigenvalue weighted by molar-refractivity contribution is 9.10. The third kappa shape index (κ3) is 1.99. The monoisotopic (exact) mass is 302 g/mol. The number of hydrogen-bond acceptors (Lipinski definition) is 2. The molecular formula is C15H15BrN2. The minimum absolute atomic E-state index is 0.978. The van der Waals surface area contributed by atoms with E-state index in [0.29, 0.717) is 0 Å². The molecule has 0 aromatic heterocycles. The highest BCUT2D eigenvalue weighted by Crippen LogP contribution is 2.35. The lowest BCUT2D eigenvalue weighted by Crippen LogP contribution is -2.30. The predicted octanol–water partition coefficient (Wildman–Crippen LogP) is 4.32. The molecular weight excluding hydrogens is 288 g/mol. The molecule has 0 amide bonds. The Bertz CT molecular complexity index is 580. The molecule has 0 radical (unpaired) electrons. The van der Waals surface area contributed by atoms with Gasteiger partial charge in [-0.1, -0.05) is 28.1 Å². The van der Waals surface area contributed by atoms with E-state index >= 15 is 0 Å². The third-order valence-electron chi connectivity index (χ3n) is 3.30. The van der Waals surface area contributed by atoms with Crippen molar-refractivity contribution in [3.63, 3.8) is 0 Å². The van der Waals surface area contributed by atoms with Crippen LogP contribution in [0.4, 0.5) is 17.1 Å². The Kier molecular flexibility index (Phi) is 3.00. The number of aryl methyl sites for hydroxylation is 1. The molecule has 92 valence electrons. The average molecular weight is 303 g/mol. The van der Waals surface area contributed by atoms with Crippen molar-refractivity contribution in [2.24, 2.45) is 0 Å². The van der Waals surface area contributed by atoms with Gasteiger partial charge in [-0.05, 0) is 42.8 Å². The van der Waals surface area contributed by atoms with Gasteiger partial charge in [-0.25, -0.2) is 0 Å². The van der Waals surface area contributed by atoms with Gasteiger partial charge < -0.3 is 10.2 Å². The van der Waals surface area contributed by atoms with E-state index in [9.17, 15) is 0 Å². The van der Waals surface area contributed by atoms with E-state index < -0.39 is 0 Å². The third-order valence-corrected chi connectivity index (χ3v) is 4.19. The van der Waals surface area contributed by atoms with Crippen molar-refractivity contribution in [3.8, 4) is 0 Å². The van der Waals surface area contributed by atoms with Crippen LogP contribution in [-0.4, -0.2) is 13.1 Å². The standard InChI is InChI=1S/C15H15BrN2/c1-11-10-12(6-7-13(11)16)18-9-8-17-14-4-2-3-5-15(14)18/h2-7,10,17H,8-9H2,1H3. The van der Waals surface area contributed by atoms with Crippen LogP contribution in [0.3, 0.4) is 0 Å². The van der Waals surface area contributed by atoms with Gasteiger partial charge in [0.05, 0.1) is 11.4 Å². The highest BCUT2D eigenvalue weighted by atomic mass is 79.9. The second-order valence-corrected chi connectivity index (χ2v) is 5.38. The van der Waals surface area contributed by atoms with Crippen molar-refractivity contribution in [3.05, 3.63) is 52.5 Å².